The van der Waals surface area contributed by atoms with E-state index < -0.39 is 5.97 Å². The third kappa shape index (κ3) is 0.724. The molecule has 0 amide bonds. The van der Waals surface area contributed by atoms with Crippen molar-refractivity contribution in [1.29, 1.82) is 0 Å². The summed E-state index contributed by atoms with van der Waals surface area (Å²) in [6.45, 7) is 2.30. The molecule has 2 heteroatoms. The molecule has 0 radical (unpaired) electrons. The number of carbonyl (C=O) groups is 1. The number of carbonyl (C=O) groups excluding carboxylic acids is 1. The van der Waals surface area contributed by atoms with Crippen LogP contribution in [0.2, 0.25) is 0 Å². The van der Waals surface area contributed by atoms with E-state index in [0.717, 1.165) is 30.1 Å². The van der Waals surface area contributed by atoms with E-state index in [4.69, 9.17) is 0 Å². The van der Waals surface area contributed by atoms with Crippen LogP contribution in [0.15, 0.2) is 0 Å². The molecule has 2 nitrogen and oxygen atoms in total. The number of hydrogen-bond acceptors (Lipinski definition) is 2. The first-order valence-electron chi connectivity index (χ1n) is 6.37. The standard InChI is InChI=1S/C13H18O2/c1-6-10-7-2-3-8(4-7)11(10)13(6)5-9(13)12(14)15/h6-11H,2-5H2,1H3,(H,14,15)/p-1/t6-,7-,8-,9-,10-,11+,13+/m1/s1. The van der Waals surface area contributed by atoms with Crippen molar-refractivity contribution in [2.45, 2.75) is 32.6 Å². The van der Waals surface area contributed by atoms with E-state index in [0.29, 0.717) is 5.92 Å². The van der Waals surface area contributed by atoms with Crippen molar-refractivity contribution < 1.29 is 9.90 Å². The molecule has 0 saturated heterocycles. The summed E-state index contributed by atoms with van der Waals surface area (Å²) in [6.07, 6.45) is 5.13. The Morgan fingerprint density at radius 2 is 2.07 bits per heavy atom. The predicted octanol–water partition coefficient (Wildman–Crippen LogP) is 1.05. The van der Waals surface area contributed by atoms with E-state index in [-0.39, 0.29) is 11.3 Å². The zero-order valence-corrected chi connectivity index (χ0v) is 9.11. The van der Waals surface area contributed by atoms with E-state index in [9.17, 15) is 9.90 Å². The summed E-state index contributed by atoms with van der Waals surface area (Å²) in [4.78, 5) is 11.0. The molecule has 0 aromatic rings. The summed E-state index contributed by atoms with van der Waals surface area (Å²) in [7, 11) is 0. The van der Waals surface area contributed by atoms with Gasteiger partial charge in [0, 0.05) is 11.9 Å². The van der Waals surface area contributed by atoms with Gasteiger partial charge in [-0.15, -0.1) is 0 Å². The highest BCUT2D eigenvalue weighted by molar-refractivity contribution is 5.73. The van der Waals surface area contributed by atoms with Crippen molar-refractivity contribution in [2.75, 3.05) is 0 Å². The lowest BCUT2D eigenvalue weighted by Gasteiger charge is -2.55. The minimum atomic E-state index is -0.775. The van der Waals surface area contributed by atoms with E-state index in [1.54, 1.807) is 0 Å². The van der Waals surface area contributed by atoms with Gasteiger partial charge in [0.2, 0.25) is 0 Å². The molecular weight excluding hydrogens is 188 g/mol. The fraction of sp³-hybridized carbons (Fsp3) is 0.923. The molecule has 4 fully saturated rings. The number of hydrogen-bond donors (Lipinski definition) is 0. The number of carboxylic acids is 1. The highest BCUT2D eigenvalue weighted by Crippen LogP contribution is 2.81. The number of aliphatic carboxylic acids is 1. The Morgan fingerprint density at radius 3 is 2.73 bits per heavy atom. The van der Waals surface area contributed by atoms with Gasteiger partial charge in [-0.25, -0.2) is 0 Å². The van der Waals surface area contributed by atoms with Gasteiger partial charge in [0.05, 0.1) is 0 Å². The molecule has 0 N–H and O–H groups in total. The molecule has 4 saturated carbocycles. The maximum atomic E-state index is 11.0. The van der Waals surface area contributed by atoms with Gasteiger partial charge in [0.1, 0.15) is 0 Å². The van der Waals surface area contributed by atoms with E-state index in [1.807, 2.05) is 0 Å². The number of carboxylic acid groups (broad SMARTS) is 1. The molecular formula is C13H17O2-. The molecule has 0 unspecified atom stereocenters. The Hall–Kier alpha value is -0.530. The lowest BCUT2D eigenvalue weighted by molar-refractivity contribution is -0.310. The second-order valence-corrected chi connectivity index (χ2v) is 6.41. The van der Waals surface area contributed by atoms with Crippen molar-refractivity contribution in [1.82, 2.24) is 0 Å². The molecule has 82 valence electrons. The first-order valence-corrected chi connectivity index (χ1v) is 6.37. The van der Waals surface area contributed by atoms with E-state index in [2.05, 4.69) is 6.92 Å². The molecule has 0 heterocycles. The third-order valence-electron chi connectivity index (χ3n) is 6.36. The second-order valence-electron chi connectivity index (χ2n) is 6.41. The fourth-order valence-corrected chi connectivity index (χ4v) is 5.86. The topological polar surface area (TPSA) is 40.1 Å². The summed E-state index contributed by atoms with van der Waals surface area (Å²) < 4.78 is 0. The lowest BCUT2D eigenvalue weighted by atomic mass is 9.49. The Balaban J connectivity index is 1.67. The van der Waals surface area contributed by atoms with Crippen LogP contribution in [-0.4, -0.2) is 5.97 Å². The van der Waals surface area contributed by atoms with Crippen LogP contribution < -0.4 is 5.11 Å². The van der Waals surface area contributed by atoms with Crippen molar-refractivity contribution >= 4 is 5.97 Å². The average molecular weight is 205 g/mol. The van der Waals surface area contributed by atoms with Gasteiger partial charge in [-0.1, -0.05) is 6.92 Å². The number of fused-ring (bicyclic) bond motifs is 6. The zero-order valence-electron chi connectivity index (χ0n) is 9.11. The maximum absolute atomic E-state index is 11.0. The van der Waals surface area contributed by atoms with Crippen LogP contribution in [0.3, 0.4) is 0 Å². The monoisotopic (exact) mass is 205 g/mol. The van der Waals surface area contributed by atoms with Gasteiger partial charge in [-0.05, 0) is 60.7 Å². The normalized spacial score (nSPS) is 64.1. The van der Waals surface area contributed by atoms with Crippen LogP contribution in [-0.2, 0) is 4.79 Å². The molecule has 4 aliphatic carbocycles. The molecule has 15 heavy (non-hydrogen) atoms. The second kappa shape index (κ2) is 2.26. The van der Waals surface area contributed by atoms with Crippen LogP contribution >= 0.6 is 0 Å². The summed E-state index contributed by atoms with van der Waals surface area (Å²) >= 11 is 0. The summed E-state index contributed by atoms with van der Waals surface area (Å²) in [5.74, 6) is 3.28. The van der Waals surface area contributed by atoms with Crippen LogP contribution in [0.4, 0.5) is 0 Å². The molecule has 2 bridgehead atoms. The van der Waals surface area contributed by atoms with Gasteiger partial charge in [0.15, 0.2) is 0 Å². The van der Waals surface area contributed by atoms with Crippen LogP contribution in [0, 0.1) is 40.9 Å². The summed E-state index contributed by atoms with van der Waals surface area (Å²) in [6, 6.07) is 0. The average Bonchev–Trinajstić information content (AvgIpc) is 2.75. The SMILES string of the molecule is C[C@@H]1[C@@H]2[C@@H]3CC[C@H](C3)[C@@H]2[C@@]12C[C@@H]2C(=O)[O-]. The molecule has 7 atom stereocenters. The Kier molecular flexibility index (Phi) is 1.29. The van der Waals surface area contributed by atoms with Crippen molar-refractivity contribution in [3.05, 3.63) is 0 Å². The van der Waals surface area contributed by atoms with E-state index >= 15 is 0 Å². The largest absolute Gasteiger partial charge is 0.550 e. The van der Waals surface area contributed by atoms with Gasteiger partial charge in [-0.2, -0.15) is 0 Å². The molecule has 0 aromatic heterocycles. The first kappa shape index (κ1) is 8.60. The van der Waals surface area contributed by atoms with Crippen LogP contribution in [0.1, 0.15) is 32.6 Å². The Morgan fingerprint density at radius 1 is 1.33 bits per heavy atom. The Bertz CT molecular complexity index is 350. The van der Waals surface area contributed by atoms with Crippen molar-refractivity contribution in [2.24, 2.45) is 40.9 Å². The molecule has 1 spiro atoms. The maximum Gasteiger partial charge on any atom is 0.0451 e. The summed E-state index contributed by atoms with van der Waals surface area (Å²) in [5, 5.41) is 11.0. The van der Waals surface area contributed by atoms with Crippen LogP contribution in [0.25, 0.3) is 0 Å². The lowest BCUT2D eigenvalue weighted by Crippen LogP contribution is -2.52. The minimum absolute atomic E-state index is 0.0897. The van der Waals surface area contributed by atoms with Gasteiger partial charge in [-0.3, -0.25) is 0 Å². The quantitative estimate of drug-likeness (QED) is 0.642. The van der Waals surface area contributed by atoms with Crippen molar-refractivity contribution in [3.8, 4) is 0 Å². The van der Waals surface area contributed by atoms with Crippen molar-refractivity contribution in [3.63, 3.8) is 0 Å². The van der Waals surface area contributed by atoms with Crippen LogP contribution in [0.5, 0.6) is 0 Å². The highest BCUT2D eigenvalue weighted by Gasteiger charge is 2.77. The fourth-order valence-electron chi connectivity index (χ4n) is 5.86. The highest BCUT2D eigenvalue weighted by atomic mass is 16.4. The zero-order chi connectivity index (χ0) is 10.4. The molecule has 0 aliphatic heterocycles. The van der Waals surface area contributed by atoms with Gasteiger partial charge < -0.3 is 9.90 Å². The Labute approximate surface area is 90.1 Å². The minimum Gasteiger partial charge on any atom is -0.550 e. The molecule has 0 aromatic carbocycles. The summed E-state index contributed by atoms with van der Waals surface area (Å²) in [5.41, 5.74) is 0.212. The predicted molar refractivity (Wildman–Crippen MR) is 52.5 cm³/mol. The molecule has 4 rings (SSSR count). The van der Waals surface area contributed by atoms with Gasteiger partial charge >= 0.3 is 0 Å². The smallest absolute Gasteiger partial charge is 0.0451 e. The molecule has 4 aliphatic rings. The van der Waals surface area contributed by atoms with E-state index in [1.165, 1.54) is 19.3 Å². The van der Waals surface area contributed by atoms with Gasteiger partial charge in [0.25, 0.3) is 0 Å². The first-order chi connectivity index (χ1) is 7.16. The number of rotatable bonds is 1. The third-order valence-corrected chi connectivity index (χ3v) is 6.36.